The van der Waals surface area contributed by atoms with E-state index >= 15 is 0 Å². The van der Waals surface area contributed by atoms with Gasteiger partial charge in [-0.2, -0.15) is 0 Å². The first kappa shape index (κ1) is 16.2. The molecule has 0 amide bonds. The first-order valence-corrected chi connectivity index (χ1v) is 7.33. The predicted octanol–water partition coefficient (Wildman–Crippen LogP) is 4.73. The predicted molar refractivity (Wildman–Crippen MR) is 83.1 cm³/mol. The fraction of sp³-hybridized carbons (Fsp3) is 0.733. The molecule has 1 aromatic rings. The highest BCUT2D eigenvalue weighted by atomic mass is 35.5. The van der Waals surface area contributed by atoms with Crippen LogP contribution in [-0.4, -0.2) is 15.5 Å². The van der Waals surface area contributed by atoms with Crippen molar-refractivity contribution < 1.29 is 0 Å². The fourth-order valence-electron chi connectivity index (χ4n) is 1.66. The second-order valence-electron chi connectivity index (χ2n) is 6.45. The minimum Gasteiger partial charge on any atom is -0.365 e. The largest absolute Gasteiger partial charge is 0.365 e. The van der Waals surface area contributed by atoms with Crippen molar-refractivity contribution in [3.8, 4) is 0 Å². The third kappa shape index (κ3) is 3.82. The molecule has 3 nitrogen and oxygen atoms in total. The Morgan fingerprint density at radius 2 is 1.58 bits per heavy atom. The summed E-state index contributed by atoms with van der Waals surface area (Å²) in [5, 5.41) is 4.08. The van der Waals surface area contributed by atoms with Gasteiger partial charge in [0.25, 0.3) is 0 Å². The van der Waals surface area contributed by atoms with Gasteiger partial charge in [0.05, 0.1) is 0 Å². The van der Waals surface area contributed by atoms with Gasteiger partial charge in [-0.15, -0.1) is 0 Å². The van der Waals surface area contributed by atoms with E-state index < -0.39 is 0 Å². The highest BCUT2D eigenvalue weighted by Crippen LogP contribution is 2.29. The quantitative estimate of drug-likeness (QED) is 0.812. The van der Waals surface area contributed by atoms with Crippen molar-refractivity contribution in [1.29, 1.82) is 0 Å². The van der Waals surface area contributed by atoms with Gasteiger partial charge in [0.1, 0.15) is 16.8 Å². The highest BCUT2D eigenvalue weighted by Gasteiger charge is 2.24. The molecule has 0 aliphatic carbocycles. The smallest absolute Gasteiger partial charge is 0.137 e. The van der Waals surface area contributed by atoms with Gasteiger partial charge in [-0.3, -0.25) is 0 Å². The summed E-state index contributed by atoms with van der Waals surface area (Å²) >= 11 is 6.25. The average molecular weight is 284 g/mol. The fourth-order valence-corrected chi connectivity index (χ4v) is 1.83. The minimum atomic E-state index is -0.109. The maximum absolute atomic E-state index is 6.25. The summed E-state index contributed by atoms with van der Waals surface area (Å²) in [6.07, 6.45) is 2.07. The molecule has 0 aromatic carbocycles. The Morgan fingerprint density at radius 3 is 2.00 bits per heavy atom. The monoisotopic (exact) mass is 283 g/mol. The summed E-state index contributed by atoms with van der Waals surface area (Å²) < 4.78 is 0. The Balaban J connectivity index is 3.24. The number of hydrogen-bond acceptors (Lipinski definition) is 3. The van der Waals surface area contributed by atoms with E-state index in [1.54, 1.807) is 0 Å². The molecule has 1 rings (SSSR count). The second-order valence-corrected chi connectivity index (χ2v) is 6.81. The van der Waals surface area contributed by atoms with Crippen LogP contribution in [0, 0.1) is 6.92 Å². The maximum atomic E-state index is 6.25. The van der Waals surface area contributed by atoms with Crippen LogP contribution in [0.3, 0.4) is 0 Å². The molecule has 4 heteroatoms. The normalized spacial score (nSPS) is 12.6. The van der Waals surface area contributed by atoms with Crippen molar-refractivity contribution in [2.24, 2.45) is 0 Å². The highest BCUT2D eigenvalue weighted by molar-refractivity contribution is 6.30. The zero-order valence-electron chi connectivity index (χ0n) is 13.2. The molecule has 108 valence electrons. The topological polar surface area (TPSA) is 37.8 Å². The van der Waals surface area contributed by atoms with Crippen molar-refractivity contribution in [2.75, 3.05) is 5.32 Å². The molecule has 0 spiro atoms. The number of aromatic nitrogens is 2. The molecular weight excluding hydrogens is 258 g/mol. The molecular formula is C15H26ClN3. The van der Waals surface area contributed by atoms with Crippen LogP contribution < -0.4 is 5.32 Å². The van der Waals surface area contributed by atoms with Gasteiger partial charge in [0, 0.05) is 16.5 Å². The Bertz CT molecular complexity index is 445. The van der Waals surface area contributed by atoms with Gasteiger partial charge >= 0.3 is 0 Å². The Hall–Kier alpha value is -0.830. The molecule has 0 saturated heterocycles. The van der Waals surface area contributed by atoms with E-state index in [9.17, 15) is 0 Å². The second kappa shape index (κ2) is 5.66. The lowest BCUT2D eigenvalue weighted by atomic mass is 9.94. The number of anilines is 1. The summed E-state index contributed by atoms with van der Waals surface area (Å²) in [7, 11) is 0. The van der Waals surface area contributed by atoms with Crippen molar-refractivity contribution in [1.82, 2.24) is 9.97 Å². The zero-order chi connectivity index (χ0) is 14.8. The van der Waals surface area contributed by atoms with Crippen LogP contribution in [0.25, 0.3) is 0 Å². The molecule has 0 aliphatic heterocycles. The Morgan fingerprint density at radius 1 is 1.05 bits per heavy atom. The van der Waals surface area contributed by atoms with E-state index in [1.165, 1.54) is 0 Å². The van der Waals surface area contributed by atoms with E-state index in [0.29, 0.717) is 5.15 Å². The first-order chi connectivity index (χ1) is 8.63. The molecule has 0 radical (unpaired) electrons. The third-order valence-corrected chi connectivity index (χ3v) is 4.11. The summed E-state index contributed by atoms with van der Waals surface area (Å²) in [5.41, 5.74) is 0.850. The van der Waals surface area contributed by atoms with E-state index in [2.05, 4.69) is 56.8 Å². The molecule has 1 aromatic heterocycles. The van der Waals surface area contributed by atoms with E-state index in [-0.39, 0.29) is 11.0 Å². The summed E-state index contributed by atoms with van der Waals surface area (Å²) in [4.78, 5) is 9.08. The molecule has 0 fully saturated rings. The molecule has 0 unspecified atom stereocenters. The third-order valence-electron chi connectivity index (χ3n) is 3.74. The van der Waals surface area contributed by atoms with Crippen LogP contribution >= 0.6 is 11.6 Å². The Labute approximate surface area is 122 Å². The standard InChI is InChI=1S/C15H26ClN3/c1-8-15(7,9-2)19-12-10(3)11(16)17-13(18-12)14(4,5)6/h8-9H2,1-7H3,(H,17,18,19). The summed E-state index contributed by atoms with van der Waals surface area (Å²) in [5.74, 6) is 1.64. The number of rotatable bonds is 4. The Kier molecular flexibility index (Phi) is 4.83. The van der Waals surface area contributed by atoms with Crippen molar-refractivity contribution >= 4 is 17.4 Å². The minimum absolute atomic E-state index is 0.0393. The molecule has 0 bridgehead atoms. The number of nitrogens with zero attached hydrogens (tertiary/aromatic N) is 2. The van der Waals surface area contributed by atoms with Crippen LogP contribution in [0.5, 0.6) is 0 Å². The summed E-state index contributed by atoms with van der Waals surface area (Å²) in [6, 6.07) is 0. The van der Waals surface area contributed by atoms with Gasteiger partial charge < -0.3 is 5.32 Å². The van der Waals surface area contributed by atoms with Crippen LogP contribution in [0.1, 0.15) is 65.8 Å². The van der Waals surface area contributed by atoms with Crippen molar-refractivity contribution in [3.05, 3.63) is 16.5 Å². The molecule has 0 atom stereocenters. The van der Waals surface area contributed by atoms with Crippen LogP contribution in [0.4, 0.5) is 5.82 Å². The van der Waals surface area contributed by atoms with Crippen LogP contribution in [-0.2, 0) is 5.41 Å². The van der Waals surface area contributed by atoms with Gasteiger partial charge in [-0.1, -0.05) is 46.2 Å². The number of nitrogens with one attached hydrogen (secondary N) is 1. The van der Waals surface area contributed by atoms with Crippen molar-refractivity contribution in [3.63, 3.8) is 0 Å². The van der Waals surface area contributed by atoms with Crippen LogP contribution in [0.2, 0.25) is 5.15 Å². The van der Waals surface area contributed by atoms with Gasteiger partial charge in [0.2, 0.25) is 0 Å². The molecule has 0 aliphatic rings. The zero-order valence-corrected chi connectivity index (χ0v) is 13.9. The van der Waals surface area contributed by atoms with Crippen molar-refractivity contribution in [2.45, 2.75) is 72.3 Å². The average Bonchev–Trinajstić information content (AvgIpc) is 2.33. The van der Waals surface area contributed by atoms with Crippen LogP contribution in [0.15, 0.2) is 0 Å². The first-order valence-electron chi connectivity index (χ1n) is 6.95. The molecule has 0 saturated carbocycles. The molecule has 1 heterocycles. The van der Waals surface area contributed by atoms with Gasteiger partial charge in [0.15, 0.2) is 0 Å². The van der Waals surface area contributed by atoms with E-state index in [1.807, 2.05) is 6.92 Å². The van der Waals surface area contributed by atoms with Gasteiger partial charge in [-0.05, 0) is 26.7 Å². The lowest BCUT2D eigenvalue weighted by Crippen LogP contribution is -2.34. The van der Waals surface area contributed by atoms with E-state index in [0.717, 1.165) is 30.0 Å². The SMILES string of the molecule is CCC(C)(CC)Nc1nc(C(C)(C)C)nc(Cl)c1C. The number of halogens is 1. The van der Waals surface area contributed by atoms with E-state index in [4.69, 9.17) is 11.6 Å². The molecule has 19 heavy (non-hydrogen) atoms. The summed E-state index contributed by atoms with van der Waals surface area (Å²) in [6.45, 7) is 14.8. The molecule has 1 N–H and O–H groups in total. The lowest BCUT2D eigenvalue weighted by Gasteiger charge is -2.30. The lowest BCUT2D eigenvalue weighted by molar-refractivity contribution is 0.473. The van der Waals surface area contributed by atoms with Gasteiger partial charge in [-0.25, -0.2) is 9.97 Å². The maximum Gasteiger partial charge on any atom is 0.137 e. The number of hydrogen-bond donors (Lipinski definition) is 1.